The fourth-order valence-electron chi connectivity index (χ4n) is 10.5. The van der Waals surface area contributed by atoms with E-state index in [0.717, 1.165) is 79.1 Å². The molecule has 11 heteroatoms. The Morgan fingerprint density at radius 3 is 0.818 bits per heavy atom. The predicted molar refractivity (Wildman–Crippen MR) is 330 cm³/mol. The number of nitrogens with zero attached hydrogens (tertiary/aromatic N) is 6. The topological polar surface area (TPSA) is 98.3 Å². The molecule has 0 aliphatic carbocycles. The molecular weight excluding hydrogens is 1020 g/mol. The summed E-state index contributed by atoms with van der Waals surface area (Å²) in [6, 6.07) is 6.37. The van der Waals surface area contributed by atoms with Gasteiger partial charge >= 0.3 is 0 Å². The summed E-state index contributed by atoms with van der Waals surface area (Å²) < 4.78 is 30.2. The van der Waals surface area contributed by atoms with Crippen molar-refractivity contribution in [2.24, 2.45) is 11.8 Å². The number of halogens is 1. The number of aromatic nitrogens is 6. The first-order chi connectivity index (χ1) is 38.1. The van der Waals surface area contributed by atoms with Gasteiger partial charge in [0.1, 0.15) is 11.4 Å². The van der Waals surface area contributed by atoms with Crippen LogP contribution in [-0.2, 0) is 32.0 Å². The Kier molecular flexibility index (Phi) is 45.5. The molecule has 444 valence electrons. The Labute approximate surface area is 482 Å². The van der Waals surface area contributed by atoms with Crippen molar-refractivity contribution < 1.29 is 18.9 Å². The molecule has 0 amide bonds. The highest BCUT2D eigenvalue weighted by atomic mass is 79.9. The lowest BCUT2D eigenvalue weighted by molar-refractivity contribution is 0.0288. The van der Waals surface area contributed by atoms with E-state index in [1.165, 1.54) is 231 Å². The van der Waals surface area contributed by atoms with Gasteiger partial charge in [-0.25, -0.2) is 0 Å². The molecular formula is C66H119BrN6O4. The first-order valence-corrected chi connectivity index (χ1v) is 33.8. The second kappa shape index (κ2) is 50.8. The zero-order chi connectivity index (χ0) is 54.7. The lowest BCUT2D eigenvalue weighted by Gasteiger charge is -2.17. The Morgan fingerprint density at radius 2 is 0.571 bits per heavy atom. The lowest BCUT2D eigenvalue weighted by atomic mass is 10.1. The third-order valence-corrected chi connectivity index (χ3v) is 15.9. The van der Waals surface area contributed by atoms with Crippen LogP contribution in [0.15, 0.2) is 35.1 Å². The average Bonchev–Trinajstić information content (AvgIpc) is 4.12. The molecule has 3 rings (SSSR count). The van der Waals surface area contributed by atoms with Crippen LogP contribution in [0.4, 0.5) is 0 Å². The fourth-order valence-corrected chi connectivity index (χ4v) is 11.0. The predicted octanol–water partition coefficient (Wildman–Crippen LogP) is 19.9. The van der Waals surface area contributed by atoms with Crippen molar-refractivity contribution >= 4 is 15.9 Å². The van der Waals surface area contributed by atoms with Crippen LogP contribution in [0.2, 0.25) is 0 Å². The third-order valence-electron chi connectivity index (χ3n) is 15.4. The van der Waals surface area contributed by atoms with Gasteiger partial charge in [0.05, 0.1) is 38.8 Å². The van der Waals surface area contributed by atoms with Crippen LogP contribution in [-0.4, -0.2) is 82.8 Å². The number of rotatable bonds is 58. The van der Waals surface area contributed by atoms with Crippen molar-refractivity contribution in [2.75, 3.05) is 52.9 Å². The second-order valence-electron chi connectivity index (χ2n) is 23.1. The van der Waals surface area contributed by atoms with E-state index in [1.807, 2.05) is 9.36 Å². The van der Waals surface area contributed by atoms with Crippen LogP contribution in [0.1, 0.15) is 285 Å². The Morgan fingerprint density at radius 1 is 0.338 bits per heavy atom. The number of unbranched alkanes of at least 4 members (excludes halogenated alkanes) is 36. The summed E-state index contributed by atoms with van der Waals surface area (Å²) in [5.74, 6) is 0.394. The quantitative estimate of drug-likeness (QED) is 0.0516. The summed E-state index contributed by atoms with van der Waals surface area (Å²) in [5, 5.41) is 18.6. The minimum absolute atomic E-state index is 0.197. The van der Waals surface area contributed by atoms with E-state index in [1.54, 1.807) is 0 Å². The fraction of sp³-hybridized carbons (Fsp3) is 0.848. The third kappa shape index (κ3) is 38.2. The number of hydrogen-bond donors (Lipinski definition) is 0. The van der Waals surface area contributed by atoms with Crippen LogP contribution in [0, 0.1) is 11.8 Å². The van der Waals surface area contributed by atoms with E-state index in [-0.39, 0.29) is 11.8 Å². The van der Waals surface area contributed by atoms with E-state index >= 15 is 0 Å². The van der Waals surface area contributed by atoms with Gasteiger partial charge < -0.3 is 18.9 Å². The molecule has 0 radical (unpaired) electrons. The highest BCUT2D eigenvalue weighted by Crippen LogP contribution is 2.29. The average molecular weight is 1140 g/mol. The maximum absolute atomic E-state index is 6.33. The number of benzene rings is 1. The molecule has 0 fully saturated rings. The van der Waals surface area contributed by atoms with Gasteiger partial charge in [-0.15, -0.1) is 10.2 Å². The highest BCUT2D eigenvalue weighted by Gasteiger charge is 2.17. The molecule has 77 heavy (non-hydrogen) atoms. The zero-order valence-electron chi connectivity index (χ0n) is 50.6. The molecule has 10 nitrogen and oxygen atoms in total. The first-order valence-electron chi connectivity index (χ1n) is 33.0. The molecule has 0 aliphatic heterocycles. The first kappa shape index (κ1) is 69.1. The number of hydrogen-bond acceptors (Lipinski definition) is 8. The van der Waals surface area contributed by atoms with Gasteiger partial charge in [-0.3, -0.25) is 9.36 Å². The molecule has 0 atom stereocenters. The van der Waals surface area contributed by atoms with Crippen LogP contribution in [0.5, 0.6) is 0 Å². The molecule has 0 saturated carbocycles. The molecule has 0 spiro atoms. The van der Waals surface area contributed by atoms with Crippen molar-refractivity contribution in [3.8, 4) is 22.5 Å². The summed E-state index contributed by atoms with van der Waals surface area (Å²) in [4.78, 5) is 0. The van der Waals surface area contributed by atoms with Crippen LogP contribution < -0.4 is 0 Å². The van der Waals surface area contributed by atoms with Gasteiger partial charge in [-0.1, -0.05) is 285 Å². The summed E-state index contributed by atoms with van der Waals surface area (Å²) >= 11 is 3.81. The summed E-state index contributed by atoms with van der Waals surface area (Å²) in [6.45, 7) is 16.4. The van der Waals surface area contributed by atoms with Gasteiger partial charge in [-0.05, 0) is 43.9 Å². The van der Waals surface area contributed by atoms with Gasteiger partial charge in [0.15, 0.2) is 0 Å². The SMILES string of the molecule is CCCCCCCCCCCCOCC(COCCCCCCCCCCCC)Cn1cc(-c2cc(Br)cc(-c3cn(CC(COCCCCCCCCCCCC)COCCCCCCCCCCCC)nn3)c2)nn1. The van der Waals surface area contributed by atoms with Gasteiger partial charge in [-0.2, -0.15) is 0 Å². The highest BCUT2D eigenvalue weighted by molar-refractivity contribution is 9.10. The number of ether oxygens (including phenoxy) is 4. The maximum atomic E-state index is 6.33. The molecule has 0 N–H and O–H groups in total. The summed E-state index contributed by atoms with van der Waals surface area (Å²) in [5.41, 5.74) is 3.63. The summed E-state index contributed by atoms with van der Waals surface area (Å²) in [6.07, 6.45) is 57.3. The van der Waals surface area contributed by atoms with Crippen molar-refractivity contribution in [3.05, 3.63) is 35.1 Å². The summed E-state index contributed by atoms with van der Waals surface area (Å²) in [7, 11) is 0. The van der Waals surface area contributed by atoms with E-state index in [9.17, 15) is 0 Å². The maximum Gasteiger partial charge on any atom is 0.113 e. The monoisotopic (exact) mass is 1140 g/mol. The van der Waals surface area contributed by atoms with E-state index in [4.69, 9.17) is 18.9 Å². The normalized spacial score (nSPS) is 11.9. The van der Waals surface area contributed by atoms with Gasteiger partial charge in [0.25, 0.3) is 0 Å². The van der Waals surface area contributed by atoms with Gasteiger partial charge in [0, 0.05) is 67.0 Å². The molecule has 3 aromatic rings. The second-order valence-corrected chi connectivity index (χ2v) is 24.1. The minimum Gasteiger partial charge on any atom is -0.381 e. The molecule has 0 saturated heterocycles. The molecule has 0 aliphatic rings. The molecule has 2 heterocycles. The Bertz CT molecular complexity index is 1550. The van der Waals surface area contributed by atoms with Crippen LogP contribution in [0.3, 0.4) is 0 Å². The van der Waals surface area contributed by atoms with E-state index < -0.39 is 0 Å². The standard InChI is InChI=1S/C66H119BrN6O4/c1-5-9-13-17-21-25-29-33-37-41-45-74-56-60(57-75-46-42-38-34-30-26-22-18-14-10-6-2)52-72-54-65(68-70-72)62-49-63(51-64(67)50-62)66-55-73(71-69-66)53-61(58-76-47-43-39-35-31-27-23-19-15-11-7-3)59-77-48-44-40-36-32-28-24-20-16-12-8-4/h49-51,54-55,60-61H,5-48,52-53,56-59H2,1-4H3. The zero-order valence-corrected chi connectivity index (χ0v) is 52.2. The van der Waals surface area contributed by atoms with Crippen molar-refractivity contribution in [3.63, 3.8) is 0 Å². The molecule has 0 bridgehead atoms. The van der Waals surface area contributed by atoms with E-state index in [2.05, 4.69) is 94.8 Å². The van der Waals surface area contributed by atoms with Crippen molar-refractivity contribution in [1.29, 1.82) is 0 Å². The Balaban J connectivity index is 1.54. The van der Waals surface area contributed by atoms with Gasteiger partial charge in [0.2, 0.25) is 0 Å². The smallest absolute Gasteiger partial charge is 0.113 e. The molecule has 0 unspecified atom stereocenters. The largest absolute Gasteiger partial charge is 0.381 e. The van der Waals surface area contributed by atoms with E-state index in [0.29, 0.717) is 39.5 Å². The minimum atomic E-state index is 0.197. The van der Waals surface area contributed by atoms with Crippen LogP contribution >= 0.6 is 15.9 Å². The van der Waals surface area contributed by atoms with Crippen molar-refractivity contribution in [1.82, 2.24) is 30.0 Å². The Hall–Kier alpha value is -2.18. The molecule has 1 aromatic carbocycles. The van der Waals surface area contributed by atoms with Crippen LogP contribution in [0.25, 0.3) is 22.5 Å². The van der Waals surface area contributed by atoms with Crippen molar-refractivity contribution in [2.45, 2.75) is 298 Å². The lowest BCUT2D eigenvalue weighted by Crippen LogP contribution is -2.23. The molecule has 2 aromatic heterocycles.